The Labute approximate surface area is 192 Å². The molecular formula is C21H20ClN3O6S. The number of nitrogens with zero attached hydrogens (tertiary/aromatic N) is 2. The number of halogens is 1. The highest BCUT2D eigenvalue weighted by Gasteiger charge is 2.28. The Balaban J connectivity index is 1.68. The molecule has 1 amide bonds. The smallest absolute Gasteiger partial charge is 0.329 e. The van der Waals surface area contributed by atoms with Gasteiger partial charge < -0.3 is 14.5 Å². The first kappa shape index (κ1) is 23.4. The van der Waals surface area contributed by atoms with Crippen molar-refractivity contribution < 1.29 is 23.7 Å². The number of rotatable bonds is 8. The van der Waals surface area contributed by atoms with Crippen molar-refractivity contribution >= 4 is 40.5 Å². The number of benzene rings is 1. The first-order valence-corrected chi connectivity index (χ1v) is 10.8. The summed E-state index contributed by atoms with van der Waals surface area (Å²) in [6.07, 6.45) is 0. The lowest BCUT2D eigenvalue weighted by molar-refractivity contribution is -0.384. The summed E-state index contributed by atoms with van der Waals surface area (Å²) >= 11 is 7.27. The van der Waals surface area contributed by atoms with E-state index in [0.717, 1.165) is 10.9 Å². The Kier molecular flexibility index (Phi) is 7.26. The molecular weight excluding hydrogens is 458 g/mol. The van der Waals surface area contributed by atoms with Gasteiger partial charge in [0.2, 0.25) is 5.89 Å². The molecule has 0 fully saturated rings. The van der Waals surface area contributed by atoms with E-state index in [4.69, 9.17) is 20.8 Å². The predicted octanol–water partition coefficient (Wildman–Crippen LogP) is 4.77. The van der Waals surface area contributed by atoms with Crippen molar-refractivity contribution in [2.24, 2.45) is 5.92 Å². The number of thiophene rings is 1. The standard InChI is InChI=1S/C21H20ClN3O6S/c1-11(2)18(24-19(26)13-6-7-14(22)16(9-13)25(28)29)21(27)30-10-15-12(3)31-20(23-15)17-5-4-8-32-17/h4-9,11,18H,10H2,1-3H3,(H,24,26)/t18-/m0/s1. The number of hydrogen-bond acceptors (Lipinski definition) is 8. The van der Waals surface area contributed by atoms with Gasteiger partial charge in [0, 0.05) is 11.6 Å². The lowest BCUT2D eigenvalue weighted by Crippen LogP contribution is -2.45. The number of nitro groups is 1. The molecule has 1 aromatic carbocycles. The maximum Gasteiger partial charge on any atom is 0.329 e. The van der Waals surface area contributed by atoms with Gasteiger partial charge in [0.25, 0.3) is 11.6 Å². The van der Waals surface area contributed by atoms with Crippen LogP contribution >= 0.6 is 22.9 Å². The number of nitro benzene ring substituents is 1. The fourth-order valence-corrected chi connectivity index (χ4v) is 3.65. The van der Waals surface area contributed by atoms with Gasteiger partial charge in [0.1, 0.15) is 29.1 Å². The van der Waals surface area contributed by atoms with E-state index < -0.39 is 28.5 Å². The number of hydrogen-bond donors (Lipinski definition) is 1. The van der Waals surface area contributed by atoms with Crippen molar-refractivity contribution in [3.8, 4) is 10.8 Å². The van der Waals surface area contributed by atoms with Crippen molar-refractivity contribution in [3.05, 3.63) is 67.9 Å². The van der Waals surface area contributed by atoms with E-state index in [-0.39, 0.29) is 23.1 Å². The van der Waals surface area contributed by atoms with E-state index in [9.17, 15) is 19.7 Å². The lowest BCUT2D eigenvalue weighted by atomic mass is 10.0. The van der Waals surface area contributed by atoms with Gasteiger partial charge in [-0.1, -0.05) is 31.5 Å². The minimum absolute atomic E-state index is 0.00693. The van der Waals surface area contributed by atoms with Gasteiger partial charge in [-0.05, 0) is 36.4 Å². The molecule has 0 saturated heterocycles. The monoisotopic (exact) mass is 477 g/mol. The van der Waals surface area contributed by atoms with Crippen LogP contribution in [0.3, 0.4) is 0 Å². The van der Waals surface area contributed by atoms with E-state index in [1.54, 1.807) is 20.8 Å². The summed E-state index contributed by atoms with van der Waals surface area (Å²) < 4.78 is 11.0. The Bertz CT molecular complexity index is 1140. The van der Waals surface area contributed by atoms with Crippen LogP contribution in [0.2, 0.25) is 5.02 Å². The van der Waals surface area contributed by atoms with Crippen LogP contribution in [0.4, 0.5) is 5.69 Å². The largest absolute Gasteiger partial charge is 0.457 e. The molecule has 168 valence electrons. The van der Waals surface area contributed by atoms with Crippen LogP contribution in [0.15, 0.2) is 40.1 Å². The molecule has 0 aliphatic heterocycles. The van der Waals surface area contributed by atoms with Crippen molar-refractivity contribution in [3.63, 3.8) is 0 Å². The molecule has 9 nitrogen and oxygen atoms in total. The normalized spacial score (nSPS) is 11.9. The fourth-order valence-electron chi connectivity index (χ4n) is 2.81. The topological polar surface area (TPSA) is 125 Å². The number of nitrogens with one attached hydrogen (secondary N) is 1. The number of ether oxygens (including phenoxy) is 1. The molecule has 3 rings (SSSR count). The third kappa shape index (κ3) is 5.32. The van der Waals surface area contributed by atoms with Crippen LogP contribution in [0, 0.1) is 23.0 Å². The zero-order valence-electron chi connectivity index (χ0n) is 17.5. The number of aromatic nitrogens is 1. The van der Waals surface area contributed by atoms with Gasteiger partial charge in [-0.25, -0.2) is 9.78 Å². The molecule has 3 aromatic rings. The number of carbonyl (C=O) groups is 2. The van der Waals surface area contributed by atoms with Crippen LogP contribution in [-0.4, -0.2) is 27.8 Å². The summed E-state index contributed by atoms with van der Waals surface area (Å²) in [4.78, 5) is 40.9. The average Bonchev–Trinajstić information content (AvgIpc) is 3.39. The number of amides is 1. The number of oxazole rings is 1. The Morgan fingerprint density at radius 1 is 1.34 bits per heavy atom. The van der Waals surface area contributed by atoms with E-state index >= 15 is 0 Å². The molecule has 2 aromatic heterocycles. The molecule has 1 N–H and O–H groups in total. The minimum Gasteiger partial charge on any atom is -0.457 e. The quantitative estimate of drug-likeness (QED) is 0.281. The molecule has 2 heterocycles. The highest BCUT2D eigenvalue weighted by atomic mass is 35.5. The maximum absolute atomic E-state index is 12.7. The van der Waals surface area contributed by atoms with Crippen molar-refractivity contribution in [1.82, 2.24) is 10.3 Å². The summed E-state index contributed by atoms with van der Waals surface area (Å²) in [5.41, 5.74) is 0.0856. The van der Waals surface area contributed by atoms with E-state index in [2.05, 4.69) is 10.3 Å². The number of carbonyl (C=O) groups excluding carboxylic acids is 2. The summed E-state index contributed by atoms with van der Waals surface area (Å²) in [5.74, 6) is -0.634. The van der Waals surface area contributed by atoms with Gasteiger partial charge in [-0.2, -0.15) is 0 Å². The summed E-state index contributed by atoms with van der Waals surface area (Å²) in [7, 11) is 0. The van der Waals surface area contributed by atoms with Gasteiger partial charge in [0.15, 0.2) is 0 Å². The van der Waals surface area contributed by atoms with E-state index in [1.165, 1.54) is 23.5 Å². The van der Waals surface area contributed by atoms with E-state index in [0.29, 0.717) is 17.3 Å². The molecule has 0 spiro atoms. The van der Waals surface area contributed by atoms with Crippen molar-refractivity contribution in [1.29, 1.82) is 0 Å². The molecule has 0 saturated carbocycles. The zero-order valence-corrected chi connectivity index (χ0v) is 19.0. The second-order valence-electron chi connectivity index (χ2n) is 7.23. The van der Waals surface area contributed by atoms with Crippen LogP contribution < -0.4 is 5.32 Å². The van der Waals surface area contributed by atoms with Crippen LogP contribution in [0.5, 0.6) is 0 Å². The third-order valence-electron chi connectivity index (χ3n) is 4.59. The van der Waals surface area contributed by atoms with Crippen LogP contribution in [0.25, 0.3) is 10.8 Å². The van der Waals surface area contributed by atoms with Crippen molar-refractivity contribution in [2.45, 2.75) is 33.4 Å². The second-order valence-corrected chi connectivity index (χ2v) is 8.58. The summed E-state index contributed by atoms with van der Waals surface area (Å²) in [6, 6.07) is 6.45. The van der Waals surface area contributed by atoms with Crippen LogP contribution in [-0.2, 0) is 16.1 Å². The molecule has 0 aliphatic rings. The molecule has 32 heavy (non-hydrogen) atoms. The Morgan fingerprint density at radius 2 is 2.09 bits per heavy atom. The zero-order chi connectivity index (χ0) is 23.4. The van der Waals surface area contributed by atoms with Crippen molar-refractivity contribution in [2.75, 3.05) is 0 Å². The first-order chi connectivity index (χ1) is 15.2. The molecule has 1 atom stereocenters. The number of aryl methyl sites for hydroxylation is 1. The fraction of sp³-hybridized carbons (Fsp3) is 0.286. The highest BCUT2D eigenvalue weighted by Crippen LogP contribution is 2.27. The maximum atomic E-state index is 12.7. The van der Waals surface area contributed by atoms with Gasteiger partial charge in [-0.3, -0.25) is 14.9 Å². The number of esters is 1. The van der Waals surface area contributed by atoms with Gasteiger partial charge >= 0.3 is 5.97 Å². The van der Waals surface area contributed by atoms with Gasteiger partial charge in [0.05, 0.1) is 9.80 Å². The molecule has 11 heteroatoms. The molecule has 0 bridgehead atoms. The predicted molar refractivity (Wildman–Crippen MR) is 119 cm³/mol. The average molecular weight is 478 g/mol. The summed E-state index contributed by atoms with van der Waals surface area (Å²) in [5, 5.41) is 15.5. The third-order valence-corrected chi connectivity index (χ3v) is 5.77. The summed E-state index contributed by atoms with van der Waals surface area (Å²) in [6.45, 7) is 5.09. The second kappa shape index (κ2) is 9.92. The minimum atomic E-state index is -0.971. The molecule has 0 aliphatic carbocycles. The Hall–Kier alpha value is -3.24. The van der Waals surface area contributed by atoms with E-state index in [1.807, 2.05) is 17.5 Å². The van der Waals surface area contributed by atoms with Gasteiger partial charge in [-0.15, -0.1) is 11.3 Å². The first-order valence-electron chi connectivity index (χ1n) is 9.59. The SMILES string of the molecule is Cc1oc(-c2cccs2)nc1COC(=O)[C@@H](NC(=O)c1ccc(Cl)c([N+](=O)[O-])c1)C(C)C. The molecule has 0 radical (unpaired) electrons. The Morgan fingerprint density at radius 3 is 2.72 bits per heavy atom. The van der Waals surface area contributed by atoms with Crippen LogP contribution in [0.1, 0.15) is 35.7 Å². The molecule has 0 unspecified atom stereocenters. The lowest BCUT2D eigenvalue weighted by Gasteiger charge is -2.20. The highest BCUT2D eigenvalue weighted by molar-refractivity contribution is 7.13.